The van der Waals surface area contributed by atoms with Crippen molar-refractivity contribution in [1.29, 1.82) is 0 Å². The van der Waals surface area contributed by atoms with E-state index in [0.29, 0.717) is 22.8 Å². The maximum atomic E-state index is 11.5. The van der Waals surface area contributed by atoms with Gasteiger partial charge in [-0.3, -0.25) is 0 Å². The van der Waals surface area contributed by atoms with Gasteiger partial charge in [0.1, 0.15) is 0 Å². The molecule has 0 spiro atoms. The molecule has 1 heterocycles. The molecule has 0 bridgehead atoms. The van der Waals surface area contributed by atoms with Crippen LogP contribution in [0, 0.1) is 6.92 Å². The van der Waals surface area contributed by atoms with Crippen LogP contribution >= 0.6 is 0 Å². The molecule has 1 unspecified atom stereocenters. The minimum atomic E-state index is -0.432. The number of benzene rings is 1. The van der Waals surface area contributed by atoms with Crippen molar-refractivity contribution >= 4 is 5.97 Å². The average Bonchev–Trinajstić information content (AvgIpc) is 2.93. The van der Waals surface area contributed by atoms with Gasteiger partial charge >= 0.3 is 5.97 Å². The number of hydrogen-bond acceptors (Lipinski definition) is 6. The molecule has 1 aromatic heterocycles. The van der Waals surface area contributed by atoms with Gasteiger partial charge in [0, 0.05) is 6.07 Å². The second kappa shape index (κ2) is 6.30. The number of nitrogens with zero attached hydrogens (tertiary/aromatic N) is 1. The highest BCUT2D eigenvalue weighted by atomic mass is 16.5. The van der Waals surface area contributed by atoms with Crippen LogP contribution in [-0.2, 0) is 4.74 Å². The van der Waals surface area contributed by atoms with Gasteiger partial charge in [-0.15, -0.1) is 0 Å². The molecule has 0 radical (unpaired) electrons. The molecule has 2 aromatic rings. The van der Waals surface area contributed by atoms with Crippen LogP contribution in [0.15, 0.2) is 28.8 Å². The number of esters is 1. The highest BCUT2D eigenvalue weighted by molar-refractivity contribution is 5.90. The van der Waals surface area contributed by atoms with E-state index < -0.39 is 5.97 Å². The standard InChI is InChI=1S/C15H17NO5/c1-9-7-13(21-16-9)10(2)20-12-6-5-11(15(17)19-4)8-14(12)18-3/h5-8,10H,1-4H3. The molecule has 0 amide bonds. The first-order valence-corrected chi connectivity index (χ1v) is 6.41. The first-order chi connectivity index (χ1) is 10.0. The summed E-state index contributed by atoms with van der Waals surface area (Å²) in [6, 6.07) is 6.65. The minimum Gasteiger partial charge on any atom is -0.493 e. The van der Waals surface area contributed by atoms with Crippen LogP contribution < -0.4 is 9.47 Å². The van der Waals surface area contributed by atoms with Gasteiger partial charge in [0.2, 0.25) is 0 Å². The van der Waals surface area contributed by atoms with E-state index in [4.69, 9.17) is 14.0 Å². The van der Waals surface area contributed by atoms with Crippen molar-refractivity contribution in [2.45, 2.75) is 20.0 Å². The van der Waals surface area contributed by atoms with E-state index in [-0.39, 0.29) is 6.10 Å². The molecule has 6 nitrogen and oxygen atoms in total. The maximum Gasteiger partial charge on any atom is 0.337 e. The Kier molecular flexibility index (Phi) is 4.47. The Morgan fingerprint density at radius 2 is 2.00 bits per heavy atom. The number of ether oxygens (including phenoxy) is 3. The lowest BCUT2D eigenvalue weighted by molar-refractivity contribution is 0.0600. The van der Waals surface area contributed by atoms with Crippen LogP contribution in [0.3, 0.4) is 0 Å². The van der Waals surface area contributed by atoms with Gasteiger partial charge in [-0.05, 0) is 32.0 Å². The lowest BCUT2D eigenvalue weighted by Gasteiger charge is -2.15. The lowest BCUT2D eigenvalue weighted by Crippen LogP contribution is -2.05. The summed E-state index contributed by atoms with van der Waals surface area (Å²) in [4.78, 5) is 11.5. The van der Waals surface area contributed by atoms with E-state index in [1.807, 2.05) is 13.8 Å². The summed E-state index contributed by atoms with van der Waals surface area (Å²) in [5.74, 6) is 1.14. The van der Waals surface area contributed by atoms with Crippen molar-refractivity contribution in [2.75, 3.05) is 14.2 Å². The lowest BCUT2D eigenvalue weighted by atomic mass is 10.2. The molecular formula is C15H17NO5. The molecule has 1 atom stereocenters. The first-order valence-electron chi connectivity index (χ1n) is 6.41. The Morgan fingerprint density at radius 1 is 1.24 bits per heavy atom. The Morgan fingerprint density at radius 3 is 2.57 bits per heavy atom. The summed E-state index contributed by atoms with van der Waals surface area (Å²) >= 11 is 0. The zero-order valence-corrected chi connectivity index (χ0v) is 12.4. The van der Waals surface area contributed by atoms with Gasteiger partial charge in [-0.2, -0.15) is 0 Å². The van der Waals surface area contributed by atoms with Crippen molar-refractivity contribution < 1.29 is 23.5 Å². The fourth-order valence-corrected chi connectivity index (χ4v) is 1.83. The Balaban J connectivity index is 2.21. The highest BCUT2D eigenvalue weighted by Gasteiger charge is 2.17. The van der Waals surface area contributed by atoms with Crippen LogP contribution in [0.1, 0.15) is 34.8 Å². The van der Waals surface area contributed by atoms with E-state index in [1.165, 1.54) is 14.2 Å². The van der Waals surface area contributed by atoms with E-state index in [9.17, 15) is 4.79 Å². The fraction of sp³-hybridized carbons (Fsp3) is 0.333. The third-order valence-corrected chi connectivity index (χ3v) is 2.94. The van der Waals surface area contributed by atoms with E-state index >= 15 is 0 Å². The van der Waals surface area contributed by atoms with Gasteiger partial charge in [0.25, 0.3) is 0 Å². The number of hydrogen-bond donors (Lipinski definition) is 0. The predicted molar refractivity (Wildman–Crippen MR) is 74.6 cm³/mol. The summed E-state index contributed by atoms with van der Waals surface area (Å²) in [5, 5.41) is 3.82. The summed E-state index contributed by atoms with van der Waals surface area (Å²) in [6.07, 6.45) is -0.330. The average molecular weight is 291 g/mol. The van der Waals surface area contributed by atoms with Gasteiger partial charge in [0.15, 0.2) is 23.4 Å². The Labute approximate surface area is 122 Å². The fourth-order valence-electron chi connectivity index (χ4n) is 1.83. The van der Waals surface area contributed by atoms with Gasteiger partial charge < -0.3 is 18.7 Å². The second-order valence-electron chi connectivity index (χ2n) is 4.49. The van der Waals surface area contributed by atoms with Crippen molar-refractivity contribution in [2.24, 2.45) is 0 Å². The van der Waals surface area contributed by atoms with Crippen molar-refractivity contribution in [3.63, 3.8) is 0 Å². The SMILES string of the molecule is COC(=O)c1ccc(OC(C)c2cc(C)no2)c(OC)c1. The third kappa shape index (κ3) is 3.34. The molecule has 112 valence electrons. The first kappa shape index (κ1) is 14.9. The van der Waals surface area contributed by atoms with Crippen molar-refractivity contribution in [3.05, 3.63) is 41.3 Å². The Bertz CT molecular complexity index is 635. The number of carbonyl (C=O) groups is 1. The molecule has 0 fully saturated rings. The smallest absolute Gasteiger partial charge is 0.337 e. The molecule has 0 aliphatic rings. The number of aryl methyl sites for hydroxylation is 1. The summed E-state index contributed by atoms with van der Waals surface area (Å²) in [7, 11) is 2.83. The maximum absolute atomic E-state index is 11.5. The van der Waals surface area contributed by atoms with Crippen molar-refractivity contribution in [1.82, 2.24) is 5.16 Å². The van der Waals surface area contributed by atoms with E-state index in [2.05, 4.69) is 9.89 Å². The van der Waals surface area contributed by atoms with Crippen LogP contribution in [-0.4, -0.2) is 25.3 Å². The molecular weight excluding hydrogens is 274 g/mol. The number of carbonyl (C=O) groups excluding carboxylic acids is 1. The van der Waals surface area contributed by atoms with Crippen molar-refractivity contribution in [3.8, 4) is 11.5 Å². The number of aromatic nitrogens is 1. The quantitative estimate of drug-likeness (QED) is 0.789. The molecule has 0 saturated carbocycles. The van der Waals surface area contributed by atoms with Gasteiger partial charge in [0.05, 0.1) is 25.5 Å². The summed E-state index contributed by atoms with van der Waals surface area (Å²) in [5.41, 5.74) is 1.18. The molecule has 0 aliphatic carbocycles. The van der Waals surface area contributed by atoms with Crippen LogP contribution in [0.4, 0.5) is 0 Å². The monoisotopic (exact) mass is 291 g/mol. The minimum absolute atomic E-state index is 0.330. The third-order valence-electron chi connectivity index (χ3n) is 2.94. The molecule has 1 aromatic carbocycles. The summed E-state index contributed by atoms with van der Waals surface area (Å²) < 4.78 is 20.9. The normalized spacial score (nSPS) is 11.8. The molecule has 2 rings (SSSR count). The highest BCUT2D eigenvalue weighted by Crippen LogP contribution is 2.32. The summed E-state index contributed by atoms with van der Waals surface area (Å²) in [6.45, 7) is 3.68. The van der Waals surface area contributed by atoms with E-state index in [0.717, 1.165) is 5.69 Å². The molecule has 6 heteroatoms. The predicted octanol–water partition coefficient (Wildman–Crippen LogP) is 2.92. The largest absolute Gasteiger partial charge is 0.493 e. The Hall–Kier alpha value is -2.50. The number of methoxy groups -OCH3 is 2. The topological polar surface area (TPSA) is 70.8 Å². The van der Waals surface area contributed by atoms with Crippen LogP contribution in [0.25, 0.3) is 0 Å². The zero-order valence-electron chi connectivity index (χ0n) is 12.4. The number of rotatable bonds is 5. The molecule has 0 aliphatic heterocycles. The molecule has 21 heavy (non-hydrogen) atoms. The second-order valence-corrected chi connectivity index (χ2v) is 4.49. The van der Waals surface area contributed by atoms with Crippen LogP contribution in [0.2, 0.25) is 0 Å². The van der Waals surface area contributed by atoms with Gasteiger partial charge in [-0.1, -0.05) is 5.16 Å². The van der Waals surface area contributed by atoms with E-state index in [1.54, 1.807) is 24.3 Å². The van der Waals surface area contributed by atoms with Gasteiger partial charge in [-0.25, -0.2) is 4.79 Å². The van der Waals surface area contributed by atoms with Crippen LogP contribution in [0.5, 0.6) is 11.5 Å². The zero-order chi connectivity index (χ0) is 15.4. The molecule has 0 N–H and O–H groups in total. The molecule has 0 saturated heterocycles.